The molecule has 0 saturated heterocycles. The lowest BCUT2D eigenvalue weighted by molar-refractivity contribution is -0.138. The fourth-order valence-corrected chi connectivity index (χ4v) is 3.15. The summed E-state index contributed by atoms with van der Waals surface area (Å²) in [5.74, 6) is -0.416. The number of hydrogen-bond donors (Lipinski definition) is 2. The second kappa shape index (κ2) is 5.62. The van der Waals surface area contributed by atoms with Gasteiger partial charge in [-0.2, -0.15) is 0 Å². The standard InChI is InChI=1S/C15H28N2O3/c1-7-17(10(2)8-12(18)19)13(20)16-9-11-14(3,4)15(11,5)6/h10-11H,7-9H2,1-6H3,(H,16,20)(H,18,19). The maximum absolute atomic E-state index is 12.2. The molecule has 2 amide bonds. The number of nitrogens with zero attached hydrogens (tertiary/aromatic N) is 1. The van der Waals surface area contributed by atoms with Crippen LogP contribution in [0.2, 0.25) is 0 Å². The van der Waals surface area contributed by atoms with E-state index in [0.717, 1.165) is 0 Å². The van der Waals surface area contributed by atoms with E-state index in [0.29, 0.717) is 19.0 Å². The Morgan fingerprint density at radius 1 is 1.25 bits per heavy atom. The van der Waals surface area contributed by atoms with Crippen LogP contribution in [0.25, 0.3) is 0 Å². The van der Waals surface area contributed by atoms with Gasteiger partial charge >= 0.3 is 12.0 Å². The molecule has 5 heteroatoms. The molecule has 0 bridgehead atoms. The van der Waals surface area contributed by atoms with E-state index in [2.05, 4.69) is 33.0 Å². The summed E-state index contributed by atoms with van der Waals surface area (Å²) in [4.78, 5) is 24.5. The molecule has 0 aromatic heterocycles. The minimum atomic E-state index is -0.881. The highest BCUT2D eigenvalue weighted by molar-refractivity contribution is 5.76. The van der Waals surface area contributed by atoms with Crippen LogP contribution in [0.3, 0.4) is 0 Å². The lowest BCUT2D eigenvalue weighted by atomic mass is 10.0. The summed E-state index contributed by atoms with van der Waals surface area (Å²) in [5, 5.41) is 11.8. The Morgan fingerprint density at radius 3 is 2.10 bits per heavy atom. The van der Waals surface area contributed by atoms with Crippen molar-refractivity contribution in [1.82, 2.24) is 10.2 Å². The molecule has 0 spiro atoms. The van der Waals surface area contributed by atoms with E-state index in [1.807, 2.05) is 6.92 Å². The third-order valence-electron chi connectivity index (χ3n) is 5.38. The fraction of sp³-hybridized carbons (Fsp3) is 0.867. The maximum atomic E-state index is 12.2. The third kappa shape index (κ3) is 3.07. The smallest absolute Gasteiger partial charge is 0.317 e. The SMILES string of the molecule is CCN(C(=O)NCC1C(C)(C)C1(C)C)C(C)CC(=O)O. The van der Waals surface area contributed by atoms with Crippen molar-refractivity contribution in [1.29, 1.82) is 0 Å². The van der Waals surface area contributed by atoms with E-state index in [9.17, 15) is 9.59 Å². The summed E-state index contributed by atoms with van der Waals surface area (Å²) in [7, 11) is 0. The molecule has 0 heterocycles. The molecule has 1 atom stereocenters. The van der Waals surface area contributed by atoms with Gasteiger partial charge in [-0.05, 0) is 30.6 Å². The van der Waals surface area contributed by atoms with Crippen molar-refractivity contribution < 1.29 is 14.7 Å². The van der Waals surface area contributed by atoms with Crippen molar-refractivity contribution in [2.24, 2.45) is 16.7 Å². The molecule has 2 N–H and O–H groups in total. The van der Waals surface area contributed by atoms with Crippen LogP contribution in [-0.2, 0) is 4.79 Å². The monoisotopic (exact) mass is 284 g/mol. The van der Waals surface area contributed by atoms with Gasteiger partial charge in [0.05, 0.1) is 6.42 Å². The van der Waals surface area contributed by atoms with Crippen molar-refractivity contribution in [3.8, 4) is 0 Å². The van der Waals surface area contributed by atoms with Crippen molar-refractivity contribution in [2.75, 3.05) is 13.1 Å². The predicted molar refractivity (Wildman–Crippen MR) is 78.5 cm³/mol. The Labute approximate surface area is 121 Å². The molecular formula is C15H28N2O3. The van der Waals surface area contributed by atoms with Gasteiger partial charge in [0.1, 0.15) is 0 Å². The summed E-state index contributed by atoms with van der Waals surface area (Å²) in [6, 6.07) is -0.461. The first-order valence-electron chi connectivity index (χ1n) is 7.32. The number of urea groups is 1. The van der Waals surface area contributed by atoms with E-state index in [1.54, 1.807) is 11.8 Å². The van der Waals surface area contributed by atoms with E-state index in [4.69, 9.17) is 5.11 Å². The molecule has 1 aliphatic carbocycles. The van der Waals surface area contributed by atoms with Crippen molar-refractivity contribution >= 4 is 12.0 Å². The first-order valence-corrected chi connectivity index (χ1v) is 7.32. The van der Waals surface area contributed by atoms with Crippen LogP contribution >= 0.6 is 0 Å². The predicted octanol–water partition coefficient (Wildman–Crippen LogP) is 2.56. The Hall–Kier alpha value is -1.26. The van der Waals surface area contributed by atoms with Gasteiger partial charge in [-0.15, -0.1) is 0 Å². The molecule has 1 rings (SSSR count). The Morgan fingerprint density at radius 2 is 1.75 bits per heavy atom. The Kier molecular flexibility index (Phi) is 4.72. The van der Waals surface area contributed by atoms with Gasteiger partial charge in [0, 0.05) is 19.1 Å². The normalized spacial score (nSPS) is 21.1. The third-order valence-corrected chi connectivity index (χ3v) is 5.38. The lowest BCUT2D eigenvalue weighted by Gasteiger charge is -2.27. The van der Waals surface area contributed by atoms with Gasteiger partial charge in [-0.3, -0.25) is 4.79 Å². The molecule has 0 radical (unpaired) electrons. The minimum Gasteiger partial charge on any atom is -0.481 e. The molecule has 0 aromatic rings. The van der Waals surface area contributed by atoms with Crippen molar-refractivity contribution in [3.63, 3.8) is 0 Å². The number of aliphatic carboxylic acids is 1. The zero-order valence-electron chi connectivity index (χ0n) is 13.5. The summed E-state index contributed by atoms with van der Waals surface area (Å²) in [5.41, 5.74) is 0.480. The van der Waals surface area contributed by atoms with Gasteiger partial charge < -0.3 is 15.3 Å². The number of carbonyl (C=O) groups excluding carboxylic acids is 1. The summed E-state index contributed by atoms with van der Waals surface area (Å²) in [6.45, 7) is 13.7. The van der Waals surface area contributed by atoms with Gasteiger partial charge in [0.15, 0.2) is 0 Å². The first-order chi connectivity index (χ1) is 9.05. The maximum Gasteiger partial charge on any atom is 0.317 e. The highest BCUT2D eigenvalue weighted by atomic mass is 16.4. The zero-order valence-corrected chi connectivity index (χ0v) is 13.5. The van der Waals surface area contributed by atoms with Gasteiger partial charge in [-0.25, -0.2) is 4.79 Å². The average Bonchev–Trinajstić information content (AvgIpc) is 2.66. The van der Waals surface area contributed by atoms with E-state index < -0.39 is 5.97 Å². The average molecular weight is 284 g/mol. The number of nitrogens with one attached hydrogen (secondary N) is 1. The first kappa shape index (κ1) is 16.8. The second-order valence-electron chi connectivity index (χ2n) is 6.91. The molecule has 20 heavy (non-hydrogen) atoms. The van der Waals surface area contributed by atoms with Crippen LogP contribution in [-0.4, -0.2) is 41.1 Å². The van der Waals surface area contributed by atoms with Crippen LogP contribution in [0, 0.1) is 16.7 Å². The fourth-order valence-electron chi connectivity index (χ4n) is 3.15. The molecule has 1 aliphatic rings. The molecule has 1 saturated carbocycles. The van der Waals surface area contributed by atoms with Gasteiger partial charge in [-0.1, -0.05) is 27.7 Å². The molecule has 5 nitrogen and oxygen atoms in total. The van der Waals surface area contributed by atoms with E-state index in [1.165, 1.54) is 0 Å². The number of amides is 2. The number of rotatable bonds is 6. The van der Waals surface area contributed by atoms with E-state index in [-0.39, 0.29) is 29.3 Å². The number of carbonyl (C=O) groups is 2. The number of hydrogen-bond acceptors (Lipinski definition) is 2. The number of carboxylic acids is 1. The van der Waals surface area contributed by atoms with Crippen LogP contribution in [0.15, 0.2) is 0 Å². The molecule has 1 fully saturated rings. The summed E-state index contributed by atoms with van der Waals surface area (Å²) >= 11 is 0. The van der Waals surface area contributed by atoms with E-state index >= 15 is 0 Å². The molecular weight excluding hydrogens is 256 g/mol. The minimum absolute atomic E-state index is 0.0261. The van der Waals surface area contributed by atoms with Crippen molar-refractivity contribution in [3.05, 3.63) is 0 Å². The largest absolute Gasteiger partial charge is 0.481 e. The highest BCUT2D eigenvalue weighted by Gasteiger charge is 2.64. The molecule has 0 aliphatic heterocycles. The zero-order chi connectivity index (χ0) is 15.7. The van der Waals surface area contributed by atoms with Crippen LogP contribution in [0.4, 0.5) is 4.79 Å². The molecule has 0 aromatic carbocycles. The quantitative estimate of drug-likeness (QED) is 0.787. The Balaban J connectivity index is 2.51. The topological polar surface area (TPSA) is 69.6 Å². The van der Waals surface area contributed by atoms with Gasteiger partial charge in [0.25, 0.3) is 0 Å². The van der Waals surface area contributed by atoms with Crippen LogP contribution in [0.5, 0.6) is 0 Å². The second-order valence-corrected chi connectivity index (χ2v) is 6.91. The van der Waals surface area contributed by atoms with Crippen LogP contribution < -0.4 is 5.32 Å². The van der Waals surface area contributed by atoms with Gasteiger partial charge in [0.2, 0.25) is 0 Å². The highest BCUT2D eigenvalue weighted by Crippen LogP contribution is 2.67. The lowest BCUT2D eigenvalue weighted by Crippen LogP contribution is -2.46. The molecule has 1 unspecified atom stereocenters. The summed E-state index contributed by atoms with van der Waals surface area (Å²) < 4.78 is 0. The summed E-state index contributed by atoms with van der Waals surface area (Å²) in [6.07, 6.45) is -0.0261. The molecule has 116 valence electrons. The number of carboxylic acid groups (broad SMARTS) is 1. The van der Waals surface area contributed by atoms with Crippen LogP contribution in [0.1, 0.15) is 48.0 Å². The van der Waals surface area contributed by atoms with Crippen molar-refractivity contribution in [2.45, 2.75) is 54.0 Å². The Bertz CT molecular complexity index is 377.